The SMILES string of the molecule is COc1nc(NC2CC(C)(NC(=O)O)C2)nn2ccc(-c3ccc4nccnc4c3)c12. The molecule has 3 aromatic heterocycles. The maximum atomic E-state index is 10.9. The quantitative estimate of drug-likeness (QED) is 0.451. The number of methoxy groups -OCH3 is 1. The van der Waals surface area contributed by atoms with Crippen LogP contribution >= 0.6 is 0 Å². The van der Waals surface area contributed by atoms with Crippen LogP contribution in [0.5, 0.6) is 5.88 Å². The maximum absolute atomic E-state index is 10.9. The van der Waals surface area contributed by atoms with E-state index in [2.05, 4.69) is 30.7 Å². The van der Waals surface area contributed by atoms with Crippen LogP contribution < -0.4 is 15.4 Å². The summed E-state index contributed by atoms with van der Waals surface area (Å²) < 4.78 is 7.31. The van der Waals surface area contributed by atoms with Crippen molar-refractivity contribution in [3.63, 3.8) is 0 Å². The van der Waals surface area contributed by atoms with Gasteiger partial charge in [0, 0.05) is 35.7 Å². The summed E-state index contributed by atoms with van der Waals surface area (Å²) >= 11 is 0. The number of fused-ring (bicyclic) bond motifs is 2. The summed E-state index contributed by atoms with van der Waals surface area (Å²) in [6, 6.07) is 7.94. The van der Waals surface area contributed by atoms with Gasteiger partial charge in [0.05, 0.1) is 18.1 Å². The lowest BCUT2D eigenvalue weighted by atomic mass is 9.74. The molecule has 0 bridgehead atoms. The van der Waals surface area contributed by atoms with Gasteiger partial charge in [0.1, 0.15) is 5.52 Å². The lowest BCUT2D eigenvalue weighted by Crippen LogP contribution is -2.59. The average molecular weight is 419 g/mol. The Bertz CT molecular complexity index is 1300. The fraction of sp³-hybridized carbons (Fsp3) is 0.286. The van der Waals surface area contributed by atoms with Crippen LogP contribution in [-0.2, 0) is 0 Å². The normalized spacial score (nSPS) is 20.4. The fourth-order valence-electron chi connectivity index (χ4n) is 4.23. The summed E-state index contributed by atoms with van der Waals surface area (Å²) in [6.45, 7) is 1.89. The summed E-state index contributed by atoms with van der Waals surface area (Å²) in [5.74, 6) is 0.876. The fourth-order valence-corrected chi connectivity index (χ4v) is 4.23. The molecule has 3 N–H and O–H groups in total. The van der Waals surface area contributed by atoms with Gasteiger partial charge in [-0.05, 0) is 43.5 Å². The molecule has 1 aliphatic carbocycles. The van der Waals surface area contributed by atoms with E-state index in [1.165, 1.54) is 0 Å². The first-order chi connectivity index (χ1) is 14.9. The lowest BCUT2D eigenvalue weighted by molar-refractivity contribution is 0.147. The number of nitrogens with zero attached hydrogens (tertiary/aromatic N) is 5. The average Bonchev–Trinajstić information content (AvgIpc) is 3.15. The van der Waals surface area contributed by atoms with E-state index in [0.29, 0.717) is 24.7 Å². The molecule has 3 heterocycles. The number of anilines is 1. The molecular formula is C21H21N7O3. The molecule has 1 saturated carbocycles. The van der Waals surface area contributed by atoms with Gasteiger partial charge in [0.2, 0.25) is 11.8 Å². The first-order valence-electron chi connectivity index (χ1n) is 9.86. The van der Waals surface area contributed by atoms with Gasteiger partial charge in [-0.2, -0.15) is 4.98 Å². The van der Waals surface area contributed by atoms with Crippen molar-refractivity contribution in [1.29, 1.82) is 0 Å². The second-order valence-electron chi connectivity index (χ2n) is 7.97. The van der Waals surface area contributed by atoms with Crippen molar-refractivity contribution < 1.29 is 14.6 Å². The Hall–Kier alpha value is -3.95. The van der Waals surface area contributed by atoms with E-state index >= 15 is 0 Å². The number of carbonyl (C=O) groups is 1. The van der Waals surface area contributed by atoms with Crippen LogP contribution in [0.15, 0.2) is 42.9 Å². The summed E-state index contributed by atoms with van der Waals surface area (Å²) in [5.41, 5.74) is 3.85. The predicted octanol–water partition coefficient (Wildman–Crippen LogP) is 2.95. The zero-order valence-electron chi connectivity index (χ0n) is 17.0. The Labute approximate surface area is 177 Å². The van der Waals surface area contributed by atoms with Crippen molar-refractivity contribution in [3.8, 4) is 17.0 Å². The highest BCUT2D eigenvalue weighted by atomic mass is 16.5. The van der Waals surface area contributed by atoms with E-state index in [9.17, 15) is 4.79 Å². The molecule has 0 saturated heterocycles. The van der Waals surface area contributed by atoms with Crippen LogP contribution in [0.2, 0.25) is 0 Å². The van der Waals surface area contributed by atoms with Crippen LogP contribution in [-0.4, -0.2) is 54.5 Å². The molecule has 0 unspecified atom stereocenters. The van der Waals surface area contributed by atoms with Crippen molar-refractivity contribution in [3.05, 3.63) is 42.9 Å². The molecule has 0 radical (unpaired) electrons. The zero-order chi connectivity index (χ0) is 21.6. The molecule has 0 atom stereocenters. The number of benzene rings is 1. The van der Waals surface area contributed by atoms with Crippen LogP contribution in [0.1, 0.15) is 19.8 Å². The lowest BCUT2D eigenvalue weighted by Gasteiger charge is -2.45. The Balaban J connectivity index is 1.45. The van der Waals surface area contributed by atoms with Crippen molar-refractivity contribution in [1.82, 2.24) is 29.9 Å². The van der Waals surface area contributed by atoms with E-state index in [4.69, 9.17) is 9.84 Å². The summed E-state index contributed by atoms with van der Waals surface area (Å²) in [7, 11) is 1.58. The van der Waals surface area contributed by atoms with E-state index in [1.807, 2.05) is 37.4 Å². The molecule has 10 heteroatoms. The molecule has 1 aliphatic rings. The Morgan fingerprint density at radius 3 is 2.74 bits per heavy atom. The highest BCUT2D eigenvalue weighted by molar-refractivity contribution is 5.89. The minimum atomic E-state index is -1.01. The molecule has 1 amide bonds. The number of amides is 1. The molecule has 10 nitrogen and oxygen atoms in total. The molecule has 0 aliphatic heterocycles. The molecule has 0 spiro atoms. The smallest absolute Gasteiger partial charge is 0.405 e. The molecule has 1 fully saturated rings. The van der Waals surface area contributed by atoms with Crippen LogP contribution in [0.3, 0.4) is 0 Å². The van der Waals surface area contributed by atoms with E-state index in [0.717, 1.165) is 27.7 Å². The van der Waals surface area contributed by atoms with Crippen molar-refractivity contribution in [2.45, 2.75) is 31.3 Å². The molecular weight excluding hydrogens is 398 g/mol. The Kier molecular flexibility index (Phi) is 4.35. The van der Waals surface area contributed by atoms with Crippen molar-refractivity contribution in [2.75, 3.05) is 12.4 Å². The summed E-state index contributed by atoms with van der Waals surface area (Å²) in [6.07, 6.45) is 5.49. The Morgan fingerprint density at radius 2 is 2.00 bits per heavy atom. The van der Waals surface area contributed by atoms with Crippen LogP contribution in [0.4, 0.5) is 10.7 Å². The third kappa shape index (κ3) is 3.45. The van der Waals surface area contributed by atoms with Crippen molar-refractivity contribution in [2.24, 2.45) is 0 Å². The summed E-state index contributed by atoms with van der Waals surface area (Å²) in [4.78, 5) is 24.2. The number of nitrogens with one attached hydrogen (secondary N) is 2. The third-order valence-corrected chi connectivity index (χ3v) is 5.59. The van der Waals surface area contributed by atoms with E-state index in [1.54, 1.807) is 24.0 Å². The molecule has 4 aromatic rings. The molecule has 158 valence electrons. The topological polar surface area (TPSA) is 127 Å². The van der Waals surface area contributed by atoms with E-state index < -0.39 is 11.6 Å². The van der Waals surface area contributed by atoms with Gasteiger partial charge in [0.25, 0.3) is 0 Å². The number of ether oxygens (including phenoxy) is 1. The number of rotatable bonds is 5. The van der Waals surface area contributed by atoms with Gasteiger partial charge >= 0.3 is 6.09 Å². The second kappa shape index (κ2) is 7.08. The maximum Gasteiger partial charge on any atom is 0.405 e. The highest BCUT2D eigenvalue weighted by Crippen LogP contribution is 2.35. The van der Waals surface area contributed by atoms with Crippen LogP contribution in [0.25, 0.3) is 27.7 Å². The first-order valence-corrected chi connectivity index (χ1v) is 9.86. The second-order valence-corrected chi connectivity index (χ2v) is 7.97. The standard InChI is InChI=1S/C21H21N7O3/c1-21(26-20(29)30)10-13(11-21)24-19-25-18(31-2)17-14(5-8-28(17)27-19)12-3-4-15-16(9-12)23-7-6-22-15/h3-9,13,26H,10-11H2,1-2H3,(H,24,27)(H,29,30). The summed E-state index contributed by atoms with van der Waals surface area (Å²) in [5, 5.41) is 19.3. The van der Waals surface area contributed by atoms with Gasteiger partial charge in [-0.25, -0.2) is 9.31 Å². The van der Waals surface area contributed by atoms with Crippen molar-refractivity contribution >= 4 is 28.6 Å². The monoisotopic (exact) mass is 419 g/mol. The highest BCUT2D eigenvalue weighted by Gasteiger charge is 2.42. The predicted molar refractivity (Wildman–Crippen MR) is 114 cm³/mol. The molecule has 31 heavy (non-hydrogen) atoms. The van der Waals surface area contributed by atoms with Gasteiger partial charge in [-0.15, -0.1) is 5.10 Å². The molecule has 1 aromatic carbocycles. The van der Waals surface area contributed by atoms with Crippen LogP contribution in [0, 0.1) is 0 Å². The number of hydrogen-bond acceptors (Lipinski definition) is 7. The van der Waals surface area contributed by atoms with Gasteiger partial charge in [-0.3, -0.25) is 9.97 Å². The minimum absolute atomic E-state index is 0.0769. The van der Waals surface area contributed by atoms with Gasteiger partial charge in [-0.1, -0.05) is 6.07 Å². The number of carboxylic acid groups (broad SMARTS) is 1. The van der Waals surface area contributed by atoms with Gasteiger partial charge < -0.3 is 20.5 Å². The number of aromatic nitrogens is 5. The van der Waals surface area contributed by atoms with E-state index in [-0.39, 0.29) is 6.04 Å². The van der Waals surface area contributed by atoms with Gasteiger partial charge in [0.15, 0.2) is 0 Å². The zero-order valence-corrected chi connectivity index (χ0v) is 17.0. The Morgan fingerprint density at radius 1 is 1.23 bits per heavy atom. The minimum Gasteiger partial charge on any atom is -0.479 e. The number of hydrogen-bond donors (Lipinski definition) is 3. The molecule has 5 rings (SSSR count). The first kappa shape index (κ1) is 19.0. The third-order valence-electron chi connectivity index (χ3n) is 5.59. The largest absolute Gasteiger partial charge is 0.479 e.